The predicted molar refractivity (Wildman–Crippen MR) is 97.7 cm³/mol. The normalized spacial score (nSPS) is 20.1. The average molecular weight is 369 g/mol. The number of likely N-dealkylation sites (tertiary alicyclic amines) is 1. The summed E-state index contributed by atoms with van der Waals surface area (Å²) < 4.78 is 1.67. The van der Waals surface area contributed by atoms with Crippen LogP contribution >= 0.6 is 24.0 Å². The summed E-state index contributed by atoms with van der Waals surface area (Å²) in [6, 6.07) is 10.1. The van der Waals surface area contributed by atoms with Gasteiger partial charge in [0.15, 0.2) is 0 Å². The van der Waals surface area contributed by atoms with E-state index in [4.69, 9.17) is 17.3 Å². The minimum atomic E-state index is -0.0367. The fourth-order valence-corrected chi connectivity index (χ4v) is 3.28. The van der Waals surface area contributed by atoms with Crippen molar-refractivity contribution in [2.24, 2.45) is 5.73 Å². The van der Waals surface area contributed by atoms with Crippen molar-refractivity contribution in [3.8, 4) is 0 Å². The van der Waals surface area contributed by atoms with Gasteiger partial charge in [-0.2, -0.15) is 5.10 Å². The Hall–Kier alpha value is -1.56. The van der Waals surface area contributed by atoms with Gasteiger partial charge in [-0.25, -0.2) is 0 Å². The Kier molecular flexibility index (Phi) is 5.91. The lowest BCUT2D eigenvalue weighted by Crippen LogP contribution is -2.34. The van der Waals surface area contributed by atoms with Crippen molar-refractivity contribution in [3.05, 3.63) is 52.3 Å². The monoisotopic (exact) mass is 368 g/mol. The number of aryl methyl sites for hydroxylation is 1. The molecule has 1 aliphatic heterocycles. The maximum Gasteiger partial charge on any atom is 0.244 e. The number of carbonyl (C=O) groups excluding carboxylic acids is 1. The van der Waals surface area contributed by atoms with E-state index < -0.39 is 0 Å². The fraction of sp³-hybridized carbons (Fsp3) is 0.412. The van der Waals surface area contributed by atoms with Gasteiger partial charge in [-0.05, 0) is 19.4 Å². The van der Waals surface area contributed by atoms with Crippen LogP contribution in [0.2, 0.25) is 5.02 Å². The Morgan fingerprint density at radius 3 is 2.54 bits per heavy atom. The van der Waals surface area contributed by atoms with Gasteiger partial charge < -0.3 is 10.6 Å². The van der Waals surface area contributed by atoms with Crippen LogP contribution < -0.4 is 5.73 Å². The second-order valence-corrected chi connectivity index (χ2v) is 6.50. The molecule has 24 heavy (non-hydrogen) atoms. The second-order valence-electron chi connectivity index (χ2n) is 6.12. The van der Waals surface area contributed by atoms with E-state index in [1.807, 2.05) is 36.9 Å². The zero-order valence-electron chi connectivity index (χ0n) is 13.8. The number of aromatic nitrogens is 2. The van der Waals surface area contributed by atoms with Crippen LogP contribution in [0.3, 0.4) is 0 Å². The third-order valence-electron chi connectivity index (χ3n) is 4.52. The van der Waals surface area contributed by atoms with Crippen LogP contribution in [-0.2, 0) is 11.3 Å². The molecule has 0 bridgehead atoms. The summed E-state index contributed by atoms with van der Waals surface area (Å²) in [5.41, 5.74) is 9.01. The van der Waals surface area contributed by atoms with Crippen molar-refractivity contribution in [2.75, 3.05) is 13.1 Å². The lowest BCUT2D eigenvalue weighted by molar-refractivity contribution is -0.131. The van der Waals surface area contributed by atoms with E-state index in [-0.39, 0.29) is 36.8 Å². The van der Waals surface area contributed by atoms with Gasteiger partial charge in [0, 0.05) is 25.0 Å². The van der Waals surface area contributed by atoms with Gasteiger partial charge in [-0.3, -0.25) is 9.48 Å². The van der Waals surface area contributed by atoms with E-state index in [0.717, 1.165) is 11.4 Å². The zero-order chi connectivity index (χ0) is 16.6. The molecule has 2 aromatic rings. The summed E-state index contributed by atoms with van der Waals surface area (Å²) in [5.74, 6) is 0.213. The minimum absolute atomic E-state index is 0. The van der Waals surface area contributed by atoms with Crippen LogP contribution in [0.4, 0.5) is 0 Å². The lowest BCUT2D eigenvalue weighted by atomic mass is 9.95. The van der Waals surface area contributed by atoms with Gasteiger partial charge in [-0.15, -0.1) is 12.4 Å². The number of hydrogen-bond donors (Lipinski definition) is 1. The molecular weight excluding hydrogens is 347 g/mol. The van der Waals surface area contributed by atoms with E-state index in [2.05, 4.69) is 17.2 Å². The summed E-state index contributed by atoms with van der Waals surface area (Å²) in [4.78, 5) is 14.4. The molecule has 2 N–H and O–H groups in total. The molecular formula is C17H22Cl2N4O. The van der Waals surface area contributed by atoms with Gasteiger partial charge in [0.25, 0.3) is 0 Å². The molecule has 3 rings (SSSR count). The Labute approximate surface area is 153 Å². The number of halogens is 2. The van der Waals surface area contributed by atoms with Crippen molar-refractivity contribution in [2.45, 2.75) is 32.4 Å². The Morgan fingerprint density at radius 2 is 1.96 bits per heavy atom. The Bertz CT molecular complexity index is 717. The summed E-state index contributed by atoms with van der Waals surface area (Å²) in [5, 5.41) is 4.95. The van der Waals surface area contributed by atoms with E-state index in [1.54, 1.807) is 4.68 Å². The van der Waals surface area contributed by atoms with E-state index in [0.29, 0.717) is 18.1 Å². The lowest BCUT2D eigenvalue weighted by Gasteiger charge is -2.17. The highest BCUT2D eigenvalue weighted by Gasteiger charge is 2.34. The van der Waals surface area contributed by atoms with Crippen LogP contribution in [0, 0.1) is 13.8 Å². The van der Waals surface area contributed by atoms with Crippen molar-refractivity contribution in [1.82, 2.24) is 14.7 Å². The number of hydrogen-bond acceptors (Lipinski definition) is 3. The highest BCUT2D eigenvalue weighted by atomic mass is 35.5. The first kappa shape index (κ1) is 18.8. The molecule has 2 heterocycles. The molecule has 2 atom stereocenters. The molecule has 1 amide bonds. The average Bonchev–Trinajstić information content (AvgIpc) is 3.05. The molecule has 5 nitrogen and oxygen atoms in total. The molecule has 0 radical (unpaired) electrons. The molecule has 1 aromatic heterocycles. The highest BCUT2D eigenvalue weighted by Crippen LogP contribution is 2.27. The minimum Gasteiger partial charge on any atom is -0.339 e. The van der Waals surface area contributed by atoms with Crippen molar-refractivity contribution in [3.63, 3.8) is 0 Å². The van der Waals surface area contributed by atoms with Crippen molar-refractivity contribution >= 4 is 29.9 Å². The number of nitrogens with two attached hydrogens (primary N) is 1. The Morgan fingerprint density at radius 1 is 1.29 bits per heavy atom. The van der Waals surface area contributed by atoms with Crippen LogP contribution in [0.15, 0.2) is 30.3 Å². The molecule has 0 unspecified atom stereocenters. The van der Waals surface area contributed by atoms with Crippen molar-refractivity contribution < 1.29 is 4.79 Å². The van der Waals surface area contributed by atoms with Crippen LogP contribution in [0.25, 0.3) is 0 Å². The predicted octanol–water partition coefficient (Wildman–Crippen LogP) is 2.53. The van der Waals surface area contributed by atoms with E-state index >= 15 is 0 Å². The van der Waals surface area contributed by atoms with Crippen LogP contribution in [0.5, 0.6) is 0 Å². The zero-order valence-corrected chi connectivity index (χ0v) is 15.3. The third kappa shape index (κ3) is 3.58. The number of amides is 1. The molecule has 0 saturated carbocycles. The Balaban J connectivity index is 0.00000208. The highest BCUT2D eigenvalue weighted by molar-refractivity contribution is 6.31. The summed E-state index contributed by atoms with van der Waals surface area (Å²) >= 11 is 6.14. The maximum atomic E-state index is 12.6. The van der Waals surface area contributed by atoms with Gasteiger partial charge in [0.1, 0.15) is 6.54 Å². The molecule has 1 saturated heterocycles. The maximum absolute atomic E-state index is 12.6. The molecule has 130 valence electrons. The van der Waals surface area contributed by atoms with Crippen LogP contribution in [0.1, 0.15) is 22.9 Å². The first-order valence-electron chi connectivity index (χ1n) is 7.75. The number of benzene rings is 1. The van der Waals surface area contributed by atoms with Gasteiger partial charge in [-0.1, -0.05) is 41.9 Å². The fourth-order valence-electron chi connectivity index (χ4n) is 3.14. The summed E-state index contributed by atoms with van der Waals surface area (Å²) in [7, 11) is 0. The second kappa shape index (κ2) is 7.55. The van der Waals surface area contributed by atoms with E-state index in [1.165, 1.54) is 5.56 Å². The number of rotatable bonds is 3. The van der Waals surface area contributed by atoms with Gasteiger partial charge >= 0.3 is 0 Å². The summed E-state index contributed by atoms with van der Waals surface area (Å²) in [6.45, 7) is 5.14. The SMILES string of the molecule is Cc1nn(CC(=O)N2C[C@@H](N)[C@H](c3ccccc3)C2)c(C)c1Cl.Cl. The molecule has 1 aromatic carbocycles. The largest absolute Gasteiger partial charge is 0.339 e. The van der Waals surface area contributed by atoms with E-state index in [9.17, 15) is 4.79 Å². The molecule has 0 aliphatic carbocycles. The van der Waals surface area contributed by atoms with Gasteiger partial charge in [0.05, 0.1) is 16.4 Å². The van der Waals surface area contributed by atoms with Crippen LogP contribution in [-0.4, -0.2) is 39.7 Å². The van der Waals surface area contributed by atoms with Gasteiger partial charge in [0.2, 0.25) is 5.91 Å². The number of nitrogens with zero attached hydrogens (tertiary/aromatic N) is 3. The third-order valence-corrected chi connectivity index (χ3v) is 5.07. The standard InChI is InChI=1S/C17H21ClN4O.ClH/c1-11-17(18)12(2)22(20-11)10-16(23)21-8-14(15(19)9-21)13-6-4-3-5-7-13;/h3-7,14-15H,8-10,19H2,1-2H3;1H/t14-,15+;/m0./s1. The smallest absolute Gasteiger partial charge is 0.244 e. The first-order valence-corrected chi connectivity index (χ1v) is 8.13. The molecule has 0 spiro atoms. The topological polar surface area (TPSA) is 64.2 Å². The quantitative estimate of drug-likeness (QED) is 0.904. The molecule has 1 fully saturated rings. The number of carbonyl (C=O) groups is 1. The molecule has 7 heteroatoms. The first-order chi connectivity index (χ1) is 11.0. The molecule has 1 aliphatic rings. The summed E-state index contributed by atoms with van der Waals surface area (Å²) in [6.07, 6.45) is 0. The van der Waals surface area contributed by atoms with Crippen molar-refractivity contribution in [1.29, 1.82) is 0 Å².